The Hall–Kier alpha value is -2.43. The lowest BCUT2D eigenvalue weighted by molar-refractivity contribution is 0.0594. The van der Waals surface area contributed by atoms with Gasteiger partial charge in [0.15, 0.2) is 0 Å². The maximum Gasteiger partial charge on any atom is 0.119 e. The number of hydrogen-bond acceptors (Lipinski definition) is 4. The summed E-state index contributed by atoms with van der Waals surface area (Å²) in [5, 5.41) is 11.5. The lowest BCUT2D eigenvalue weighted by Gasteiger charge is -2.33. The Balaban J connectivity index is 1.26. The van der Waals surface area contributed by atoms with Crippen molar-refractivity contribution >= 4 is 10.9 Å². The van der Waals surface area contributed by atoms with E-state index in [-0.39, 0.29) is 0 Å². The highest BCUT2D eigenvalue weighted by atomic mass is 16.5. The van der Waals surface area contributed by atoms with Crippen molar-refractivity contribution in [3.05, 3.63) is 72.4 Å². The largest absolute Gasteiger partial charge is 0.491 e. The smallest absolute Gasteiger partial charge is 0.119 e. The molecule has 140 valence electrons. The van der Waals surface area contributed by atoms with Crippen molar-refractivity contribution in [3.8, 4) is 5.75 Å². The Labute approximate surface area is 160 Å². The van der Waals surface area contributed by atoms with E-state index < -0.39 is 6.10 Å². The molecule has 2 heterocycles. The first-order valence-corrected chi connectivity index (χ1v) is 9.71. The fourth-order valence-electron chi connectivity index (χ4n) is 3.82. The van der Waals surface area contributed by atoms with Gasteiger partial charge in [0, 0.05) is 18.1 Å². The average molecular weight is 362 g/mol. The summed E-state index contributed by atoms with van der Waals surface area (Å²) in [6, 6.07) is 20.2. The number of para-hydroxylation sites is 2. The number of piperidine rings is 1. The number of benzene rings is 2. The Kier molecular flexibility index (Phi) is 5.66. The van der Waals surface area contributed by atoms with Crippen molar-refractivity contribution < 1.29 is 9.84 Å². The van der Waals surface area contributed by atoms with Crippen LogP contribution in [0.3, 0.4) is 0 Å². The summed E-state index contributed by atoms with van der Waals surface area (Å²) in [6.45, 7) is 2.99. The van der Waals surface area contributed by atoms with Crippen LogP contribution in [0.2, 0.25) is 0 Å². The van der Waals surface area contributed by atoms with Crippen molar-refractivity contribution in [2.24, 2.45) is 0 Å². The third kappa shape index (κ3) is 4.65. The normalized spacial score (nSPS) is 17.1. The number of nitrogens with zero attached hydrogens (tertiary/aromatic N) is 2. The van der Waals surface area contributed by atoms with Crippen molar-refractivity contribution in [2.75, 3.05) is 26.2 Å². The number of hydrogen-bond donors (Lipinski definition) is 1. The molecule has 4 rings (SSSR count). The second-order valence-electron chi connectivity index (χ2n) is 7.31. The van der Waals surface area contributed by atoms with Crippen LogP contribution in [0, 0.1) is 0 Å². The summed E-state index contributed by atoms with van der Waals surface area (Å²) >= 11 is 0. The number of rotatable bonds is 6. The average Bonchev–Trinajstić information content (AvgIpc) is 2.73. The first-order chi connectivity index (χ1) is 13.3. The molecule has 0 saturated carbocycles. The van der Waals surface area contributed by atoms with Crippen LogP contribution in [0.15, 0.2) is 66.9 Å². The van der Waals surface area contributed by atoms with Crippen LogP contribution in [0.25, 0.3) is 10.9 Å². The van der Waals surface area contributed by atoms with Crippen LogP contribution >= 0.6 is 0 Å². The van der Waals surface area contributed by atoms with Crippen LogP contribution < -0.4 is 4.74 Å². The van der Waals surface area contributed by atoms with Crippen LogP contribution in [0.1, 0.15) is 24.3 Å². The van der Waals surface area contributed by atoms with Gasteiger partial charge >= 0.3 is 0 Å². The van der Waals surface area contributed by atoms with E-state index in [9.17, 15) is 5.11 Å². The van der Waals surface area contributed by atoms with Crippen LogP contribution in [-0.4, -0.2) is 47.3 Å². The van der Waals surface area contributed by atoms with Gasteiger partial charge < -0.3 is 14.7 Å². The Bertz CT molecular complexity index is 860. The Morgan fingerprint density at radius 3 is 2.59 bits per heavy atom. The fourth-order valence-corrected chi connectivity index (χ4v) is 3.82. The molecule has 1 aliphatic heterocycles. The molecule has 0 bridgehead atoms. The number of aromatic nitrogens is 1. The lowest BCUT2D eigenvalue weighted by Crippen LogP contribution is -2.40. The summed E-state index contributed by atoms with van der Waals surface area (Å²) in [5.41, 5.74) is 2.39. The van der Waals surface area contributed by atoms with Gasteiger partial charge in [-0.15, -0.1) is 0 Å². The summed E-state index contributed by atoms with van der Waals surface area (Å²) in [7, 11) is 0. The highest BCUT2D eigenvalue weighted by molar-refractivity contribution is 5.78. The van der Waals surface area contributed by atoms with Gasteiger partial charge in [-0.1, -0.05) is 36.4 Å². The molecule has 0 radical (unpaired) electrons. The Morgan fingerprint density at radius 2 is 1.78 bits per heavy atom. The number of fused-ring (bicyclic) bond motifs is 1. The minimum absolute atomic E-state index is 0.332. The van der Waals surface area contributed by atoms with Crippen molar-refractivity contribution in [2.45, 2.75) is 24.9 Å². The van der Waals surface area contributed by atoms with E-state index >= 15 is 0 Å². The van der Waals surface area contributed by atoms with Crippen LogP contribution in [0.4, 0.5) is 0 Å². The molecule has 1 N–H and O–H groups in total. The summed E-state index contributed by atoms with van der Waals surface area (Å²) in [5.74, 6) is 1.36. The van der Waals surface area contributed by atoms with Gasteiger partial charge in [0.1, 0.15) is 18.5 Å². The number of β-amino-alcohol motifs (C(OH)–C–C–N with tert-alkyl or cyclic N) is 1. The molecule has 0 spiro atoms. The number of aliphatic hydroxyl groups is 1. The van der Waals surface area contributed by atoms with Crippen LogP contribution in [-0.2, 0) is 0 Å². The zero-order valence-corrected chi connectivity index (χ0v) is 15.5. The third-order valence-corrected chi connectivity index (χ3v) is 5.33. The lowest BCUT2D eigenvalue weighted by atomic mass is 9.89. The summed E-state index contributed by atoms with van der Waals surface area (Å²) in [4.78, 5) is 6.94. The number of ether oxygens (including phenoxy) is 1. The maximum absolute atomic E-state index is 10.3. The molecule has 0 amide bonds. The third-order valence-electron chi connectivity index (χ3n) is 5.33. The highest BCUT2D eigenvalue weighted by Crippen LogP contribution is 2.29. The van der Waals surface area contributed by atoms with Crippen LogP contribution in [0.5, 0.6) is 5.75 Å². The quantitative estimate of drug-likeness (QED) is 0.723. The molecule has 4 heteroatoms. The molecule has 3 aromatic rings. The molecule has 1 aliphatic rings. The fraction of sp³-hybridized carbons (Fsp3) is 0.348. The molecular formula is C23H26N2O2. The first kappa shape index (κ1) is 18.0. The van der Waals surface area contributed by atoms with Crippen molar-refractivity contribution in [3.63, 3.8) is 0 Å². The van der Waals surface area contributed by atoms with E-state index in [0.29, 0.717) is 19.1 Å². The monoisotopic (exact) mass is 362 g/mol. The van der Waals surface area contributed by atoms with Crippen molar-refractivity contribution in [1.82, 2.24) is 9.88 Å². The maximum atomic E-state index is 10.3. The van der Waals surface area contributed by atoms with Gasteiger partial charge in [-0.3, -0.25) is 4.98 Å². The molecule has 1 atom stereocenters. The molecule has 1 unspecified atom stereocenters. The zero-order chi connectivity index (χ0) is 18.5. The van der Waals surface area contributed by atoms with E-state index in [1.54, 1.807) is 0 Å². The van der Waals surface area contributed by atoms with E-state index in [0.717, 1.165) is 37.2 Å². The molecular weight excluding hydrogens is 336 g/mol. The summed E-state index contributed by atoms with van der Waals surface area (Å²) in [6.07, 6.45) is 3.77. The number of aliphatic hydroxyl groups excluding tert-OH is 1. The van der Waals surface area contributed by atoms with Gasteiger partial charge in [0.25, 0.3) is 0 Å². The van der Waals surface area contributed by atoms with E-state index in [1.807, 2.05) is 42.6 Å². The topological polar surface area (TPSA) is 45.6 Å². The zero-order valence-electron chi connectivity index (χ0n) is 15.5. The van der Waals surface area contributed by atoms with Gasteiger partial charge in [-0.05, 0) is 61.7 Å². The molecule has 27 heavy (non-hydrogen) atoms. The highest BCUT2D eigenvalue weighted by Gasteiger charge is 2.22. The SMILES string of the molecule is OC(COc1ccccc1)CN1CCC(c2cnc3ccccc3c2)CC1. The molecule has 2 aromatic carbocycles. The second-order valence-corrected chi connectivity index (χ2v) is 7.31. The standard InChI is InChI=1S/C23H26N2O2/c26-21(17-27-22-7-2-1-3-8-22)16-25-12-10-18(11-13-25)20-14-19-6-4-5-9-23(19)24-15-20/h1-9,14-15,18,21,26H,10-13,16-17H2. The van der Waals surface area contributed by atoms with Gasteiger partial charge in [0.05, 0.1) is 5.52 Å². The van der Waals surface area contributed by atoms with Gasteiger partial charge in [0.2, 0.25) is 0 Å². The minimum Gasteiger partial charge on any atom is -0.491 e. The molecule has 1 aromatic heterocycles. The second kappa shape index (κ2) is 8.51. The molecule has 1 fully saturated rings. The van der Waals surface area contributed by atoms with Crippen molar-refractivity contribution in [1.29, 1.82) is 0 Å². The minimum atomic E-state index is -0.468. The van der Waals surface area contributed by atoms with E-state index in [1.165, 1.54) is 10.9 Å². The summed E-state index contributed by atoms with van der Waals surface area (Å²) < 4.78 is 5.66. The molecule has 4 nitrogen and oxygen atoms in total. The number of pyridine rings is 1. The van der Waals surface area contributed by atoms with Gasteiger partial charge in [-0.2, -0.15) is 0 Å². The molecule has 0 aliphatic carbocycles. The first-order valence-electron chi connectivity index (χ1n) is 9.71. The Morgan fingerprint density at radius 1 is 1.04 bits per heavy atom. The predicted molar refractivity (Wildman–Crippen MR) is 108 cm³/mol. The van der Waals surface area contributed by atoms with E-state index in [2.05, 4.69) is 34.1 Å². The van der Waals surface area contributed by atoms with E-state index in [4.69, 9.17) is 4.74 Å². The predicted octanol–water partition coefficient (Wildman–Crippen LogP) is 3.85. The van der Waals surface area contributed by atoms with Gasteiger partial charge in [-0.25, -0.2) is 0 Å². The molecule has 1 saturated heterocycles. The number of likely N-dealkylation sites (tertiary alicyclic amines) is 1.